The van der Waals surface area contributed by atoms with Crippen molar-refractivity contribution in [2.75, 3.05) is 5.32 Å². The van der Waals surface area contributed by atoms with Crippen LogP contribution in [0.5, 0.6) is 11.5 Å². The number of benzene rings is 2. The highest BCUT2D eigenvalue weighted by molar-refractivity contribution is 5.81. The molecule has 35 heavy (non-hydrogen) atoms. The summed E-state index contributed by atoms with van der Waals surface area (Å²) in [5.74, 6) is 2.74. The van der Waals surface area contributed by atoms with Crippen LogP contribution >= 0.6 is 0 Å². The van der Waals surface area contributed by atoms with Crippen LogP contribution in [-0.2, 0) is 0 Å². The molecule has 0 amide bonds. The first-order valence-electron chi connectivity index (χ1n) is 13.3. The van der Waals surface area contributed by atoms with Crippen LogP contribution in [0.1, 0.15) is 86.1 Å². The fourth-order valence-corrected chi connectivity index (χ4v) is 6.27. The smallest absolute Gasteiger partial charge is 0.208 e. The molecule has 0 unspecified atom stereocenters. The third kappa shape index (κ3) is 5.44. The summed E-state index contributed by atoms with van der Waals surface area (Å²) < 4.78 is 14.6. The molecule has 2 aliphatic rings. The zero-order valence-corrected chi connectivity index (χ0v) is 22.2. The maximum absolute atomic E-state index is 6.28. The van der Waals surface area contributed by atoms with Crippen molar-refractivity contribution >= 4 is 22.7 Å². The van der Waals surface area contributed by atoms with Crippen molar-refractivity contribution in [3.63, 3.8) is 0 Å². The summed E-state index contributed by atoms with van der Waals surface area (Å²) in [6, 6.07) is 14.9. The highest BCUT2D eigenvalue weighted by atomic mass is 16.5. The number of hydrogen-bond donors (Lipinski definition) is 1. The highest BCUT2D eigenvalue weighted by Gasteiger charge is 2.40. The number of rotatable bonds is 7. The molecule has 0 aliphatic heterocycles. The minimum Gasteiger partial charge on any atom is -0.491 e. The second kappa shape index (κ2) is 9.07. The molecule has 5 heteroatoms. The summed E-state index contributed by atoms with van der Waals surface area (Å²) in [5.41, 5.74) is 3.72. The predicted octanol–water partition coefficient (Wildman–Crippen LogP) is 8.28. The molecule has 1 heterocycles. The Balaban J connectivity index is 1.53. The van der Waals surface area contributed by atoms with E-state index in [1.807, 2.05) is 26.0 Å². The number of ether oxygens (including phenoxy) is 2. The maximum atomic E-state index is 6.28. The number of nitrogens with zero attached hydrogens (tertiary/aromatic N) is 2. The molecule has 0 saturated heterocycles. The van der Waals surface area contributed by atoms with Gasteiger partial charge in [0.25, 0.3) is 0 Å². The molecule has 0 spiro atoms. The maximum Gasteiger partial charge on any atom is 0.208 e. The lowest BCUT2D eigenvalue weighted by Gasteiger charge is -2.45. The van der Waals surface area contributed by atoms with Crippen molar-refractivity contribution in [3.8, 4) is 11.5 Å². The Morgan fingerprint density at radius 3 is 2.20 bits per heavy atom. The van der Waals surface area contributed by atoms with Crippen LogP contribution in [-0.4, -0.2) is 21.8 Å². The number of fused-ring (bicyclic) bond motifs is 1. The molecule has 2 fully saturated rings. The van der Waals surface area contributed by atoms with Crippen LogP contribution in [0.25, 0.3) is 11.0 Å². The average molecular weight is 476 g/mol. The van der Waals surface area contributed by atoms with Gasteiger partial charge in [0.1, 0.15) is 11.5 Å². The fourth-order valence-electron chi connectivity index (χ4n) is 6.27. The van der Waals surface area contributed by atoms with Gasteiger partial charge < -0.3 is 19.4 Å². The number of anilines is 2. The first-order chi connectivity index (χ1) is 16.6. The van der Waals surface area contributed by atoms with E-state index in [-0.39, 0.29) is 16.9 Å². The van der Waals surface area contributed by atoms with Crippen molar-refractivity contribution in [3.05, 3.63) is 42.5 Å². The van der Waals surface area contributed by atoms with Crippen molar-refractivity contribution in [2.24, 2.45) is 10.8 Å². The highest BCUT2D eigenvalue weighted by Crippen LogP contribution is 2.51. The molecule has 0 atom stereocenters. The number of hydrogen-bond acceptors (Lipinski definition) is 4. The van der Waals surface area contributed by atoms with E-state index in [0.717, 1.165) is 59.9 Å². The monoisotopic (exact) mass is 475 g/mol. The zero-order valence-electron chi connectivity index (χ0n) is 22.2. The second-order valence-electron chi connectivity index (χ2n) is 12.5. The third-order valence-electron chi connectivity index (χ3n) is 7.40. The van der Waals surface area contributed by atoms with E-state index in [1.165, 1.54) is 12.8 Å². The molecule has 2 aliphatic carbocycles. The molecule has 2 aromatic carbocycles. The zero-order chi connectivity index (χ0) is 24.8. The van der Waals surface area contributed by atoms with Crippen LogP contribution in [0.3, 0.4) is 0 Å². The summed E-state index contributed by atoms with van der Waals surface area (Å²) in [7, 11) is 0. The van der Waals surface area contributed by atoms with Gasteiger partial charge >= 0.3 is 0 Å². The number of imidazole rings is 1. The minimum absolute atomic E-state index is 0.160. The normalized spacial score (nSPS) is 20.1. The Kier molecular flexibility index (Phi) is 6.23. The van der Waals surface area contributed by atoms with E-state index in [1.54, 1.807) is 0 Å². The first-order valence-corrected chi connectivity index (χ1v) is 13.3. The largest absolute Gasteiger partial charge is 0.491 e. The molecule has 5 nitrogen and oxygen atoms in total. The van der Waals surface area contributed by atoms with Crippen molar-refractivity contribution in [1.82, 2.24) is 9.55 Å². The van der Waals surface area contributed by atoms with Gasteiger partial charge in [-0.3, -0.25) is 0 Å². The molecule has 1 aromatic heterocycles. The van der Waals surface area contributed by atoms with E-state index in [0.29, 0.717) is 12.1 Å². The van der Waals surface area contributed by atoms with E-state index >= 15 is 0 Å². The van der Waals surface area contributed by atoms with Gasteiger partial charge in [-0.1, -0.05) is 27.7 Å². The molecule has 3 aromatic rings. The van der Waals surface area contributed by atoms with E-state index in [2.05, 4.69) is 67.9 Å². The standard InChI is InChI=1S/C30H41N3O2/c1-20(2)34-24-12-10-21(11-13-24)31-28-32-26-15-14-25(35-23-8-7-9-23)16-27(26)33(28)22-17-29(3,4)19-30(5,6)18-22/h10-16,20,22-23H,7-9,17-19H2,1-6H3,(H,31,32). The second-order valence-corrected chi connectivity index (χ2v) is 12.5. The molecule has 188 valence electrons. The molecule has 2 saturated carbocycles. The third-order valence-corrected chi connectivity index (χ3v) is 7.40. The van der Waals surface area contributed by atoms with Gasteiger partial charge in [-0.25, -0.2) is 4.98 Å². The van der Waals surface area contributed by atoms with E-state index in [9.17, 15) is 0 Å². The Bertz CT molecular complexity index is 1160. The number of aromatic nitrogens is 2. The van der Waals surface area contributed by atoms with Crippen LogP contribution in [0.2, 0.25) is 0 Å². The molecule has 5 rings (SSSR count). The Morgan fingerprint density at radius 1 is 0.943 bits per heavy atom. The average Bonchev–Trinajstić information content (AvgIpc) is 3.06. The van der Waals surface area contributed by atoms with Crippen LogP contribution in [0, 0.1) is 10.8 Å². The van der Waals surface area contributed by atoms with Crippen molar-refractivity contribution < 1.29 is 9.47 Å². The predicted molar refractivity (Wildman–Crippen MR) is 144 cm³/mol. The Morgan fingerprint density at radius 2 is 1.60 bits per heavy atom. The lowest BCUT2D eigenvalue weighted by atomic mass is 9.63. The van der Waals surface area contributed by atoms with Gasteiger partial charge in [0, 0.05) is 17.8 Å². The summed E-state index contributed by atoms with van der Waals surface area (Å²) in [5, 5.41) is 3.63. The Labute approximate surface area is 210 Å². The molecular weight excluding hydrogens is 434 g/mol. The van der Waals surface area contributed by atoms with Gasteiger partial charge in [-0.15, -0.1) is 0 Å². The van der Waals surface area contributed by atoms with Crippen molar-refractivity contribution in [1.29, 1.82) is 0 Å². The summed E-state index contributed by atoms with van der Waals surface area (Å²) in [6.07, 6.45) is 7.60. The summed E-state index contributed by atoms with van der Waals surface area (Å²) in [4.78, 5) is 5.07. The molecule has 0 radical (unpaired) electrons. The first kappa shape index (κ1) is 24.0. The molecule has 0 bridgehead atoms. The van der Waals surface area contributed by atoms with Crippen LogP contribution < -0.4 is 14.8 Å². The summed E-state index contributed by atoms with van der Waals surface area (Å²) in [6.45, 7) is 13.7. The van der Waals surface area contributed by atoms with Gasteiger partial charge in [-0.05, 0) is 99.6 Å². The Hall–Kier alpha value is -2.69. The van der Waals surface area contributed by atoms with Gasteiger partial charge in [0.2, 0.25) is 5.95 Å². The summed E-state index contributed by atoms with van der Waals surface area (Å²) >= 11 is 0. The van der Waals surface area contributed by atoms with E-state index in [4.69, 9.17) is 14.5 Å². The van der Waals surface area contributed by atoms with Crippen molar-refractivity contribution in [2.45, 2.75) is 98.3 Å². The van der Waals surface area contributed by atoms with Gasteiger partial charge in [0.05, 0.1) is 23.2 Å². The minimum atomic E-state index is 0.160. The number of nitrogens with one attached hydrogen (secondary N) is 1. The fraction of sp³-hybridized carbons (Fsp3) is 0.567. The molecular formula is C30H41N3O2. The lowest BCUT2D eigenvalue weighted by molar-refractivity contribution is 0.0746. The SMILES string of the molecule is CC(C)Oc1ccc(Nc2nc3ccc(OC4CCC4)cc3n2C2CC(C)(C)CC(C)(C)C2)cc1. The topological polar surface area (TPSA) is 48.3 Å². The van der Waals surface area contributed by atoms with E-state index < -0.39 is 0 Å². The molecule has 1 N–H and O–H groups in total. The van der Waals surface area contributed by atoms with Crippen LogP contribution in [0.15, 0.2) is 42.5 Å². The lowest BCUT2D eigenvalue weighted by Crippen LogP contribution is -2.35. The van der Waals surface area contributed by atoms with Crippen LogP contribution in [0.4, 0.5) is 11.6 Å². The van der Waals surface area contributed by atoms with Gasteiger partial charge in [0.15, 0.2) is 0 Å². The van der Waals surface area contributed by atoms with Gasteiger partial charge in [-0.2, -0.15) is 0 Å². The quantitative estimate of drug-likeness (QED) is 0.373.